The molecule has 19 heavy (non-hydrogen) atoms. The van der Waals surface area contributed by atoms with Gasteiger partial charge in [0.15, 0.2) is 0 Å². The average Bonchev–Trinajstić information content (AvgIpc) is 2.80. The normalized spacial score (nSPS) is 11.4. The van der Waals surface area contributed by atoms with Crippen molar-refractivity contribution in [1.29, 1.82) is 0 Å². The molecule has 1 aromatic heterocycles. The third-order valence-electron chi connectivity index (χ3n) is 2.13. The molecule has 0 unspecified atom stereocenters. The van der Waals surface area contributed by atoms with Gasteiger partial charge in [0.1, 0.15) is 5.00 Å². The predicted molar refractivity (Wildman–Crippen MR) is 67.0 cm³/mol. The van der Waals surface area contributed by atoms with Crippen LogP contribution < -0.4 is 5.32 Å². The van der Waals surface area contributed by atoms with Gasteiger partial charge in [0.2, 0.25) is 0 Å². The number of hydrogen-bond donors (Lipinski definition) is 1. The highest BCUT2D eigenvalue weighted by Gasteiger charge is 2.35. The Morgan fingerprint density at radius 2 is 2.11 bits per heavy atom. The summed E-state index contributed by atoms with van der Waals surface area (Å²) in [6.45, 7) is 0. The van der Waals surface area contributed by atoms with E-state index in [2.05, 4.69) is 30.8 Å². The minimum atomic E-state index is -4.61. The van der Waals surface area contributed by atoms with Crippen molar-refractivity contribution in [3.05, 3.63) is 40.0 Å². The Morgan fingerprint density at radius 1 is 1.37 bits per heavy atom. The van der Waals surface area contributed by atoms with Gasteiger partial charge < -0.3 is 5.32 Å². The fraction of sp³-hybridized carbons (Fsp3) is 0.100. The number of alkyl halides is 3. The topological polar surface area (TPSA) is 54.9 Å². The first-order chi connectivity index (χ1) is 8.88. The number of hydrogen-bond acceptors (Lipinski definition) is 4. The summed E-state index contributed by atoms with van der Waals surface area (Å²) in [6, 6.07) is 3.34. The smallest absolute Gasteiger partial charge is 0.311 e. The van der Waals surface area contributed by atoms with Gasteiger partial charge >= 0.3 is 6.18 Å². The maximum Gasteiger partial charge on any atom is 0.417 e. The van der Waals surface area contributed by atoms with Crippen LogP contribution in [0.25, 0.3) is 0 Å². The zero-order valence-electron chi connectivity index (χ0n) is 9.03. The quantitative estimate of drug-likeness (QED) is 0.899. The number of rotatable bonds is 2. The van der Waals surface area contributed by atoms with Gasteiger partial charge in [-0.05, 0) is 18.2 Å². The first kappa shape index (κ1) is 13.9. The molecule has 4 nitrogen and oxygen atoms in total. The Hall–Kier alpha value is -1.48. The van der Waals surface area contributed by atoms with Crippen molar-refractivity contribution >= 4 is 38.4 Å². The van der Waals surface area contributed by atoms with E-state index in [-0.39, 0.29) is 9.47 Å². The molecule has 0 aliphatic carbocycles. The van der Waals surface area contributed by atoms with Crippen LogP contribution in [0, 0.1) is 0 Å². The molecule has 0 saturated carbocycles. The van der Waals surface area contributed by atoms with E-state index in [4.69, 9.17) is 0 Å². The SMILES string of the molecule is O=C(Nc1cnns1)c1ccc(Br)cc1C(F)(F)F. The lowest BCUT2D eigenvalue weighted by molar-refractivity contribution is -0.137. The second-order valence-corrected chi connectivity index (χ2v) is 5.12. The molecule has 0 bridgehead atoms. The summed E-state index contributed by atoms with van der Waals surface area (Å²) in [7, 11) is 0. The van der Waals surface area contributed by atoms with Gasteiger partial charge in [0, 0.05) is 16.0 Å². The van der Waals surface area contributed by atoms with Crippen LogP contribution in [-0.4, -0.2) is 15.5 Å². The van der Waals surface area contributed by atoms with Gasteiger partial charge in [0.05, 0.1) is 17.3 Å². The van der Waals surface area contributed by atoms with Crippen molar-refractivity contribution in [3.8, 4) is 0 Å². The molecule has 100 valence electrons. The Morgan fingerprint density at radius 3 is 2.68 bits per heavy atom. The number of anilines is 1. The lowest BCUT2D eigenvalue weighted by Crippen LogP contribution is -2.18. The van der Waals surface area contributed by atoms with E-state index in [9.17, 15) is 18.0 Å². The standard InChI is InChI=1S/C10H5BrF3N3OS/c11-5-1-2-6(7(3-5)10(12,13)14)9(18)16-8-4-15-17-19-8/h1-4H,(H,16,18). The zero-order chi connectivity index (χ0) is 14.0. The fourth-order valence-electron chi connectivity index (χ4n) is 1.35. The molecule has 0 atom stereocenters. The van der Waals surface area contributed by atoms with Crippen LogP contribution in [0.15, 0.2) is 28.9 Å². The lowest BCUT2D eigenvalue weighted by Gasteiger charge is -2.12. The van der Waals surface area contributed by atoms with E-state index in [0.717, 1.165) is 23.7 Å². The maximum atomic E-state index is 12.8. The van der Waals surface area contributed by atoms with Gasteiger partial charge in [-0.15, -0.1) is 5.10 Å². The summed E-state index contributed by atoms with van der Waals surface area (Å²) < 4.78 is 42.3. The Balaban J connectivity index is 2.36. The number of aromatic nitrogens is 2. The summed E-state index contributed by atoms with van der Waals surface area (Å²) >= 11 is 3.83. The van der Waals surface area contributed by atoms with E-state index in [1.165, 1.54) is 12.3 Å². The first-order valence-electron chi connectivity index (χ1n) is 4.83. The number of nitrogens with one attached hydrogen (secondary N) is 1. The highest BCUT2D eigenvalue weighted by molar-refractivity contribution is 9.10. The maximum absolute atomic E-state index is 12.8. The Kier molecular flexibility index (Phi) is 3.85. The van der Waals surface area contributed by atoms with E-state index in [1.807, 2.05) is 0 Å². The number of amides is 1. The molecule has 0 spiro atoms. The van der Waals surface area contributed by atoms with Crippen molar-refractivity contribution in [1.82, 2.24) is 9.59 Å². The second-order valence-electron chi connectivity index (χ2n) is 3.42. The molecule has 0 aliphatic rings. The molecular weight excluding hydrogens is 347 g/mol. The minimum absolute atomic E-state index is 0.246. The van der Waals surface area contributed by atoms with Gasteiger partial charge in [-0.25, -0.2) is 0 Å². The van der Waals surface area contributed by atoms with E-state index < -0.39 is 23.2 Å². The predicted octanol–water partition coefficient (Wildman–Crippen LogP) is 3.57. The molecule has 0 saturated heterocycles. The first-order valence-corrected chi connectivity index (χ1v) is 6.40. The number of benzene rings is 1. The van der Waals surface area contributed by atoms with Gasteiger partial charge in [0.25, 0.3) is 5.91 Å². The monoisotopic (exact) mass is 351 g/mol. The molecule has 2 aromatic rings. The molecule has 9 heteroatoms. The molecule has 1 heterocycles. The zero-order valence-corrected chi connectivity index (χ0v) is 11.4. The van der Waals surface area contributed by atoms with E-state index in [0.29, 0.717) is 0 Å². The molecular formula is C10H5BrF3N3OS. The van der Waals surface area contributed by atoms with Crippen LogP contribution in [-0.2, 0) is 6.18 Å². The molecule has 0 radical (unpaired) electrons. The fourth-order valence-corrected chi connectivity index (χ4v) is 2.13. The van der Waals surface area contributed by atoms with Crippen molar-refractivity contribution in [3.63, 3.8) is 0 Å². The summed E-state index contributed by atoms with van der Waals surface area (Å²) in [5.74, 6) is -0.856. The molecule has 1 N–H and O–H groups in total. The molecule has 1 aromatic carbocycles. The van der Waals surface area contributed by atoms with E-state index >= 15 is 0 Å². The van der Waals surface area contributed by atoms with Gasteiger partial charge in [-0.2, -0.15) is 13.2 Å². The van der Waals surface area contributed by atoms with Gasteiger partial charge in [-0.3, -0.25) is 4.79 Å². The van der Waals surface area contributed by atoms with Crippen molar-refractivity contribution in [2.24, 2.45) is 0 Å². The summed E-state index contributed by atoms with van der Waals surface area (Å²) in [5.41, 5.74) is -1.46. The van der Waals surface area contributed by atoms with Gasteiger partial charge in [-0.1, -0.05) is 20.4 Å². The lowest BCUT2D eigenvalue weighted by atomic mass is 10.1. The molecule has 2 rings (SSSR count). The largest absolute Gasteiger partial charge is 0.417 e. The van der Waals surface area contributed by atoms with Crippen molar-refractivity contribution < 1.29 is 18.0 Å². The Bertz CT molecular complexity index is 601. The number of carbonyl (C=O) groups excluding carboxylic acids is 1. The van der Waals surface area contributed by atoms with Crippen LogP contribution in [0.1, 0.15) is 15.9 Å². The average molecular weight is 352 g/mol. The van der Waals surface area contributed by atoms with Crippen LogP contribution in [0.3, 0.4) is 0 Å². The van der Waals surface area contributed by atoms with Crippen LogP contribution in [0.4, 0.5) is 18.2 Å². The van der Waals surface area contributed by atoms with Crippen LogP contribution >= 0.6 is 27.5 Å². The van der Waals surface area contributed by atoms with Crippen molar-refractivity contribution in [2.75, 3.05) is 5.32 Å². The van der Waals surface area contributed by atoms with E-state index in [1.54, 1.807) is 0 Å². The van der Waals surface area contributed by atoms with Crippen LogP contribution in [0.2, 0.25) is 0 Å². The Labute approximate surface area is 117 Å². The van der Waals surface area contributed by atoms with Crippen molar-refractivity contribution in [2.45, 2.75) is 6.18 Å². The molecule has 0 fully saturated rings. The summed E-state index contributed by atoms with van der Waals surface area (Å²) in [5, 5.41) is 6.07. The second kappa shape index (κ2) is 5.25. The number of halogens is 4. The third kappa shape index (κ3) is 3.29. The third-order valence-corrected chi connectivity index (χ3v) is 3.20. The number of carbonyl (C=O) groups is 1. The molecule has 0 aliphatic heterocycles. The summed E-state index contributed by atoms with van der Waals surface area (Å²) in [6.07, 6.45) is -3.35. The summed E-state index contributed by atoms with van der Waals surface area (Å²) in [4.78, 5) is 11.8. The molecule has 1 amide bonds. The number of nitrogens with zero attached hydrogens (tertiary/aromatic N) is 2. The highest BCUT2D eigenvalue weighted by Crippen LogP contribution is 2.34. The highest BCUT2D eigenvalue weighted by atomic mass is 79.9. The van der Waals surface area contributed by atoms with Crippen LogP contribution in [0.5, 0.6) is 0 Å². The minimum Gasteiger partial charge on any atom is -0.311 e.